The monoisotopic (exact) mass is 335 g/mol. The lowest BCUT2D eigenvalue weighted by Crippen LogP contribution is -2.01. The molecule has 1 heterocycles. The average molecular weight is 335 g/mol. The lowest BCUT2D eigenvalue weighted by Gasteiger charge is -2.07. The molecule has 0 aliphatic carbocycles. The van der Waals surface area contributed by atoms with E-state index < -0.39 is 5.97 Å². The van der Waals surface area contributed by atoms with Crippen LogP contribution in [0, 0.1) is 0 Å². The molecule has 2 aromatic rings. The molecule has 5 heteroatoms. The summed E-state index contributed by atoms with van der Waals surface area (Å²) in [5.74, 6) is 0.980. The Bertz CT molecular complexity index is 867. The van der Waals surface area contributed by atoms with Crippen molar-refractivity contribution in [2.75, 3.05) is 14.2 Å². The highest BCUT2D eigenvalue weighted by Crippen LogP contribution is 2.29. The molecule has 0 radical (unpaired) electrons. The van der Waals surface area contributed by atoms with Crippen molar-refractivity contribution >= 4 is 24.0 Å². The van der Waals surface area contributed by atoms with Crippen molar-refractivity contribution in [3.63, 3.8) is 0 Å². The third kappa shape index (κ3) is 3.95. The van der Waals surface area contributed by atoms with Crippen molar-refractivity contribution < 1.29 is 19.0 Å². The number of benzene rings is 2. The number of ether oxygens (including phenoxy) is 3. The van der Waals surface area contributed by atoms with Gasteiger partial charge in [-0.25, -0.2) is 9.79 Å². The molecule has 0 saturated heterocycles. The maximum Gasteiger partial charge on any atom is 0.363 e. The van der Waals surface area contributed by atoms with Crippen molar-refractivity contribution in [1.82, 2.24) is 0 Å². The molecule has 0 unspecified atom stereocenters. The Morgan fingerprint density at radius 2 is 1.68 bits per heavy atom. The zero-order chi connectivity index (χ0) is 17.6. The molecular weight excluding hydrogens is 318 g/mol. The van der Waals surface area contributed by atoms with Crippen LogP contribution in [0.3, 0.4) is 0 Å². The minimum absolute atomic E-state index is 0.236. The van der Waals surface area contributed by atoms with Gasteiger partial charge in [0, 0.05) is 6.08 Å². The van der Waals surface area contributed by atoms with Crippen LogP contribution in [0.4, 0.5) is 0 Å². The molecule has 5 nitrogen and oxygen atoms in total. The van der Waals surface area contributed by atoms with Gasteiger partial charge in [0.2, 0.25) is 5.90 Å². The fourth-order valence-electron chi connectivity index (χ4n) is 2.33. The van der Waals surface area contributed by atoms with Gasteiger partial charge in [-0.15, -0.1) is 0 Å². The van der Waals surface area contributed by atoms with Gasteiger partial charge in [0.05, 0.1) is 14.2 Å². The first-order valence-electron chi connectivity index (χ1n) is 7.67. The Morgan fingerprint density at radius 3 is 2.40 bits per heavy atom. The summed E-state index contributed by atoms with van der Waals surface area (Å²) in [5.41, 5.74) is 2.00. The maximum atomic E-state index is 12.0. The van der Waals surface area contributed by atoms with E-state index in [-0.39, 0.29) is 11.6 Å². The molecule has 0 aromatic heterocycles. The number of hydrogen-bond donors (Lipinski definition) is 0. The molecule has 2 aromatic carbocycles. The molecule has 1 aliphatic heterocycles. The van der Waals surface area contributed by atoms with Gasteiger partial charge >= 0.3 is 5.97 Å². The number of methoxy groups -OCH3 is 2. The van der Waals surface area contributed by atoms with Crippen LogP contribution in [0.5, 0.6) is 11.5 Å². The molecule has 1 aliphatic rings. The summed E-state index contributed by atoms with van der Waals surface area (Å²) in [6, 6.07) is 15.1. The van der Waals surface area contributed by atoms with Crippen molar-refractivity contribution in [3.8, 4) is 11.5 Å². The zero-order valence-corrected chi connectivity index (χ0v) is 13.9. The quantitative estimate of drug-likeness (QED) is 0.617. The average Bonchev–Trinajstić information content (AvgIpc) is 3.00. The highest BCUT2D eigenvalue weighted by molar-refractivity contribution is 6.11. The second kappa shape index (κ2) is 7.49. The van der Waals surface area contributed by atoms with Gasteiger partial charge in [-0.3, -0.25) is 0 Å². The second-order valence-electron chi connectivity index (χ2n) is 5.23. The molecule has 0 amide bonds. The van der Waals surface area contributed by atoms with E-state index >= 15 is 0 Å². The molecule has 3 rings (SSSR count). The van der Waals surface area contributed by atoms with Crippen LogP contribution < -0.4 is 9.47 Å². The highest BCUT2D eigenvalue weighted by Gasteiger charge is 2.21. The van der Waals surface area contributed by atoms with E-state index in [0.29, 0.717) is 11.5 Å². The van der Waals surface area contributed by atoms with Gasteiger partial charge in [-0.1, -0.05) is 36.4 Å². The summed E-state index contributed by atoms with van der Waals surface area (Å²) < 4.78 is 15.6. The van der Waals surface area contributed by atoms with E-state index in [9.17, 15) is 4.79 Å². The number of aliphatic imine (C=N–C) groups is 1. The Kier molecular flexibility index (Phi) is 4.95. The van der Waals surface area contributed by atoms with E-state index in [1.54, 1.807) is 38.5 Å². The lowest BCUT2D eigenvalue weighted by molar-refractivity contribution is -0.129. The Labute approximate surface area is 145 Å². The van der Waals surface area contributed by atoms with Crippen molar-refractivity contribution in [1.29, 1.82) is 0 Å². The van der Waals surface area contributed by atoms with Gasteiger partial charge < -0.3 is 14.2 Å². The maximum absolute atomic E-state index is 12.0. The smallest absolute Gasteiger partial charge is 0.363 e. The molecule has 0 bridgehead atoms. The number of carbonyl (C=O) groups is 1. The molecule has 0 N–H and O–H groups in total. The molecular formula is C20H17NO4. The summed E-state index contributed by atoms with van der Waals surface area (Å²) in [7, 11) is 3.13. The topological polar surface area (TPSA) is 57.1 Å². The van der Waals surface area contributed by atoms with Crippen molar-refractivity contribution in [3.05, 3.63) is 71.4 Å². The van der Waals surface area contributed by atoms with Gasteiger partial charge in [0.25, 0.3) is 0 Å². The Balaban J connectivity index is 1.82. The third-order valence-electron chi connectivity index (χ3n) is 3.57. The number of rotatable bonds is 5. The van der Waals surface area contributed by atoms with Crippen molar-refractivity contribution in [2.45, 2.75) is 0 Å². The van der Waals surface area contributed by atoms with E-state index in [2.05, 4.69) is 4.99 Å². The van der Waals surface area contributed by atoms with Crippen LogP contribution in [0.2, 0.25) is 0 Å². The van der Waals surface area contributed by atoms with E-state index in [1.807, 2.05) is 42.5 Å². The fraction of sp³-hybridized carbons (Fsp3) is 0.100. The fourth-order valence-corrected chi connectivity index (χ4v) is 2.33. The van der Waals surface area contributed by atoms with Gasteiger partial charge in [0.1, 0.15) is 0 Å². The third-order valence-corrected chi connectivity index (χ3v) is 3.57. The van der Waals surface area contributed by atoms with Crippen LogP contribution in [-0.2, 0) is 9.53 Å². The predicted molar refractivity (Wildman–Crippen MR) is 96.5 cm³/mol. The first-order chi connectivity index (χ1) is 12.2. The van der Waals surface area contributed by atoms with E-state index in [1.165, 1.54) is 0 Å². The Morgan fingerprint density at radius 1 is 0.920 bits per heavy atom. The molecule has 126 valence electrons. The van der Waals surface area contributed by atoms with Crippen LogP contribution in [0.15, 0.2) is 65.3 Å². The number of hydrogen-bond acceptors (Lipinski definition) is 5. The molecule has 0 atom stereocenters. The number of esters is 1. The summed E-state index contributed by atoms with van der Waals surface area (Å²) in [4.78, 5) is 16.2. The lowest BCUT2D eigenvalue weighted by atomic mass is 10.1. The number of nitrogens with zero attached hydrogens (tertiary/aromatic N) is 1. The van der Waals surface area contributed by atoms with E-state index in [0.717, 1.165) is 11.1 Å². The van der Waals surface area contributed by atoms with E-state index in [4.69, 9.17) is 14.2 Å². The highest BCUT2D eigenvalue weighted by atomic mass is 16.6. The zero-order valence-electron chi connectivity index (χ0n) is 13.9. The van der Waals surface area contributed by atoms with Crippen LogP contribution in [0.25, 0.3) is 12.2 Å². The largest absolute Gasteiger partial charge is 0.493 e. The minimum atomic E-state index is -0.484. The van der Waals surface area contributed by atoms with Crippen LogP contribution >= 0.6 is 0 Å². The van der Waals surface area contributed by atoms with Gasteiger partial charge in [-0.2, -0.15) is 0 Å². The van der Waals surface area contributed by atoms with Gasteiger partial charge in [0.15, 0.2) is 17.2 Å². The predicted octanol–water partition coefficient (Wildman–Crippen LogP) is 3.71. The normalized spacial score (nSPS) is 15.4. The van der Waals surface area contributed by atoms with Crippen molar-refractivity contribution in [2.24, 2.45) is 4.99 Å². The Hall–Kier alpha value is -3.34. The summed E-state index contributed by atoms with van der Waals surface area (Å²) in [5, 5.41) is 0. The van der Waals surface area contributed by atoms with Gasteiger partial charge in [-0.05, 0) is 35.4 Å². The molecule has 0 fully saturated rings. The molecule has 25 heavy (non-hydrogen) atoms. The van der Waals surface area contributed by atoms with Crippen LogP contribution in [0.1, 0.15) is 11.1 Å². The first kappa shape index (κ1) is 16.5. The first-order valence-corrected chi connectivity index (χ1v) is 7.67. The molecule has 0 saturated carbocycles. The summed E-state index contributed by atoms with van der Waals surface area (Å²) >= 11 is 0. The SMILES string of the molecule is COc1ccc(/C=C2N=C(/C=C\c3ccccc3)OC/2=O)cc1OC. The molecule has 0 spiro atoms. The standard InChI is InChI=1S/C20H17NO4/c1-23-17-10-8-15(13-18(17)24-2)12-16-20(22)25-19(21-16)11-9-14-6-4-3-5-7-14/h3-13H,1-2H3/b11-9-,16-12+. The minimum Gasteiger partial charge on any atom is -0.493 e. The summed E-state index contributed by atoms with van der Waals surface area (Å²) in [6.07, 6.45) is 5.15. The summed E-state index contributed by atoms with van der Waals surface area (Å²) in [6.45, 7) is 0. The van der Waals surface area contributed by atoms with Crippen LogP contribution in [-0.4, -0.2) is 26.1 Å². The number of carbonyl (C=O) groups excluding carboxylic acids is 1. The number of cyclic esters (lactones) is 1. The second-order valence-corrected chi connectivity index (χ2v) is 5.23.